The maximum Gasteiger partial charge on any atom is 0.127 e. The summed E-state index contributed by atoms with van der Waals surface area (Å²) >= 11 is 0. The first kappa shape index (κ1) is 15.6. The number of para-hydroxylation sites is 2. The first-order valence-corrected chi connectivity index (χ1v) is 7.31. The lowest BCUT2D eigenvalue weighted by molar-refractivity contribution is 0.482. The average molecular weight is 288 g/mol. The molecule has 0 N–H and O–H groups in total. The van der Waals surface area contributed by atoms with Crippen LogP contribution in [0.5, 0.6) is 11.5 Å². The van der Waals surface area contributed by atoms with Gasteiger partial charge in [-0.15, -0.1) is 6.58 Å². The van der Waals surface area contributed by atoms with E-state index in [2.05, 4.69) is 18.7 Å². The quantitative estimate of drug-likeness (QED) is 0.543. The summed E-state index contributed by atoms with van der Waals surface area (Å²) in [5.74, 6) is 1.74. The second-order valence-electron chi connectivity index (χ2n) is 4.71. The Morgan fingerprint density at radius 3 is 1.45 bits per heavy atom. The first-order chi connectivity index (χ1) is 10.9. The van der Waals surface area contributed by atoms with E-state index in [1.54, 1.807) is 0 Å². The second-order valence-corrected chi connectivity index (χ2v) is 4.71. The number of hydrogen-bond donors (Lipinski definition) is 0. The van der Waals surface area contributed by atoms with Crippen LogP contribution in [0.4, 0.5) is 0 Å². The maximum atomic E-state index is 5.58. The lowest BCUT2D eigenvalue weighted by Gasteiger charge is -2.03. The molecule has 0 spiro atoms. The molecule has 3 rings (SSSR count). The topological polar surface area (TPSA) is 9.23 Å². The van der Waals surface area contributed by atoms with Crippen LogP contribution in [0.3, 0.4) is 0 Å². The van der Waals surface area contributed by atoms with Gasteiger partial charge in [0.15, 0.2) is 0 Å². The van der Waals surface area contributed by atoms with Crippen molar-refractivity contribution >= 4 is 0 Å². The van der Waals surface area contributed by atoms with E-state index in [1.807, 2.05) is 84.9 Å². The Balaban J connectivity index is 0.000000172. The predicted octanol–water partition coefficient (Wildman–Crippen LogP) is 5.89. The molecule has 0 heterocycles. The molecule has 0 radical (unpaired) electrons. The molecule has 0 saturated heterocycles. The van der Waals surface area contributed by atoms with Gasteiger partial charge in [-0.05, 0) is 36.2 Å². The van der Waals surface area contributed by atoms with Crippen molar-refractivity contribution in [1.82, 2.24) is 0 Å². The van der Waals surface area contributed by atoms with Crippen LogP contribution in [-0.4, -0.2) is 0 Å². The van der Waals surface area contributed by atoms with E-state index in [0.29, 0.717) is 0 Å². The van der Waals surface area contributed by atoms with Gasteiger partial charge in [0.2, 0.25) is 0 Å². The molecule has 0 aliphatic carbocycles. The Morgan fingerprint density at radius 1 is 0.636 bits per heavy atom. The van der Waals surface area contributed by atoms with Gasteiger partial charge >= 0.3 is 0 Å². The zero-order valence-corrected chi connectivity index (χ0v) is 12.6. The minimum Gasteiger partial charge on any atom is -0.457 e. The van der Waals surface area contributed by atoms with Gasteiger partial charge in [-0.2, -0.15) is 0 Å². The van der Waals surface area contributed by atoms with Crippen molar-refractivity contribution in [3.63, 3.8) is 0 Å². The first-order valence-electron chi connectivity index (χ1n) is 7.31. The van der Waals surface area contributed by atoms with Crippen molar-refractivity contribution in [3.8, 4) is 11.5 Å². The maximum absolute atomic E-state index is 5.58. The van der Waals surface area contributed by atoms with Gasteiger partial charge in [-0.25, -0.2) is 0 Å². The lowest BCUT2D eigenvalue weighted by Crippen LogP contribution is -1.81. The van der Waals surface area contributed by atoms with Crippen LogP contribution in [0.2, 0.25) is 0 Å². The summed E-state index contributed by atoms with van der Waals surface area (Å²) in [4.78, 5) is 0. The fraction of sp³-hybridized carbons (Fsp3) is 0.0476. The Bertz CT molecular complexity index is 608. The molecule has 0 atom stereocenters. The number of benzene rings is 3. The molecule has 0 fully saturated rings. The van der Waals surface area contributed by atoms with E-state index in [4.69, 9.17) is 4.74 Å². The minimum absolute atomic E-state index is 0.869. The molecule has 0 bridgehead atoms. The van der Waals surface area contributed by atoms with Crippen LogP contribution < -0.4 is 4.74 Å². The summed E-state index contributed by atoms with van der Waals surface area (Å²) in [6.07, 6.45) is 2.89. The third kappa shape index (κ3) is 5.68. The second kappa shape index (κ2) is 9.19. The molecule has 0 amide bonds. The molecule has 3 aromatic rings. The van der Waals surface area contributed by atoms with E-state index < -0.39 is 0 Å². The molecule has 3 aromatic carbocycles. The molecule has 1 heteroatoms. The normalized spacial score (nSPS) is 9.27. The summed E-state index contributed by atoms with van der Waals surface area (Å²) in [6.45, 7) is 3.66. The summed E-state index contributed by atoms with van der Waals surface area (Å²) in [5, 5.41) is 0. The Hall–Kier alpha value is -2.80. The van der Waals surface area contributed by atoms with Crippen LogP contribution in [0.1, 0.15) is 5.56 Å². The minimum atomic E-state index is 0.869. The Kier molecular flexibility index (Phi) is 6.51. The van der Waals surface area contributed by atoms with Crippen molar-refractivity contribution in [2.75, 3.05) is 0 Å². The van der Waals surface area contributed by atoms with Crippen LogP contribution in [0.25, 0.3) is 0 Å². The van der Waals surface area contributed by atoms with Gasteiger partial charge in [0.1, 0.15) is 11.5 Å². The highest BCUT2D eigenvalue weighted by Gasteiger charge is 1.92. The molecular weight excluding hydrogens is 268 g/mol. The van der Waals surface area contributed by atoms with Gasteiger partial charge in [-0.3, -0.25) is 0 Å². The number of allylic oxidation sites excluding steroid dienone is 1. The summed E-state index contributed by atoms with van der Waals surface area (Å²) in [6, 6.07) is 29.8. The van der Waals surface area contributed by atoms with Gasteiger partial charge in [0, 0.05) is 0 Å². The van der Waals surface area contributed by atoms with Crippen molar-refractivity contribution in [3.05, 3.63) is 109 Å². The van der Waals surface area contributed by atoms with Crippen molar-refractivity contribution < 1.29 is 4.74 Å². The molecule has 0 aliphatic rings. The fourth-order valence-corrected chi connectivity index (χ4v) is 1.89. The highest BCUT2D eigenvalue weighted by atomic mass is 16.5. The Labute approximate surface area is 132 Å². The summed E-state index contributed by atoms with van der Waals surface area (Å²) in [5.41, 5.74) is 1.33. The zero-order valence-electron chi connectivity index (χ0n) is 12.6. The van der Waals surface area contributed by atoms with E-state index in [-0.39, 0.29) is 0 Å². The largest absolute Gasteiger partial charge is 0.457 e. The van der Waals surface area contributed by atoms with E-state index in [1.165, 1.54) is 5.56 Å². The van der Waals surface area contributed by atoms with Crippen molar-refractivity contribution in [2.24, 2.45) is 0 Å². The molecule has 0 saturated carbocycles. The molecule has 22 heavy (non-hydrogen) atoms. The number of rotatable bonds is 4. The van der Waals surface area contributed by atoms with Crippen molar-refractivity contribution in [1.29, 1.82) is 0 Å². The number of ether oxygens (including phenoxy) is 1. The standard InChI is InChI=1S/C12H10O.C9H10/c1-3-7-11(8-4-1)13-12-9-5-2-6-10-12;1-2-6-9-7-4-3-5-8-9/h1-10H;2-5,7-8H,1,6H2. The molecular formula is C21H20O. The highest BCUT2D eigenvalue weighted by Crippen LogP contribution is 2.19. The highest BCUT2D eigenvalue weighted by molar-refractivity contribution is 5.30. The van der Waals surface area contributed by atoms with Gasteiger partial charge in [-0.1, -0.05) is 72.8 Å². The smallest absolute Gasteiger partial charge is 0.127 e. The van der Waals surface area contributed by atoms with E-state index in [0.717, 1.165) is 17.9 Å². The van der Waals surface area contributed by atoms with E-state index in [9.17, 15) is 0 Å². The van der Waals surface area contributed by atoms with Crippen LogP contribution >= 0.6 is 0 Å². The summed E-state index contributed by atoms with van der Waals surface area (Å²) < 4.78 is 5.58. The lowest BCUT2D eigenvalue weighted by atomic mass is 10.2. The van der Waals surface area contributed by atoms with Gasteiger partial charge in [0.05, 0.1) is 0 Å². The molecule has 1 nitrogen and oxygen atoms in total. The molecule has 110 valence electrons. The fourth-order valence-electron chi connectivity index (χ4n) is 1.89. The van der Waals surface area contributed by atoms with Crippen LogP contribution in [0, 0.1) is 0 Å². The third-order valence-corrected chi connectivity index (χ3v) is 2.94. The van der Waals surface area contributed by atoms with Gasteiger partial charge in [0.25, 0.3) is 0 Å². The van der Waals surface area contributed by atoms with Gasteiger partial charge < -0.3 is 4.74 Å². The van der Waals surface area contributed by atoms with Crippen LogP contribution in [-0.2, 0) is 6.42 Å². The molecule has 0 unspecified atom stereocenters. The predicted molar refractivity (Wildman–Crippen MR) is 93.3 cm³/mol. The van der Waals surface area contributed by atoms with E-state index >= 15 is 0 Å². The molecule has 0 aromatic heterocycles. The summed E-state index contributed by atoms with van der Waals surface area (Å²) in [7, 11) is 0. The zero-order chi connectivity index (χ0) is 15.5. The number of hydrogen-bond acceptors (Lipinski definition) is 1. The molecule has 0 aliphatic heterocycles. The average Bonchev–Trinajstić information content (AvgIpc) is 2.59. The SMILES string of the molecule is C=CCc1ccccc1.c1ccc(Oc2ccccc2)cc1. The van der Waals surface area contributed by atoms with Crippen LogP contribution in [0.15, 0.2) is 104 Å². The van der Waals surface area contributed by atoms with Crippen molar-refractivity contribution in [2.45, 2.75) is 6.42 Å². The monoisotopic (exact) mass is 288 g/mol. The Morgan fingerprint density at radius 2 is 1.05 bits per heavy atom. The third-order valence-electron chi connectivity index (χ3n) is 2.94.